The molecule has 1 saturated heterocycles. The van der Waals surface area contributed by atoms with Gasteiger partial charge in [0.25, 0.3) is 5.91 Å². The summed E-state index contributed by atoms with van der Waals surface area (Å²) in [5.41, 5.74) is -0.326. The van der Waals surface area contributed by atoms with Crippen LogP contribution >= 0.6 is 0 Å². The van der Waals surface area contributed by atoms with Gasteiger partial charge in [0.1, 0.15) is 11.4 Å². The van der Waals surface area contributed by atoms with E-state index < -0.39 is 11.5 Å². The van der Waals surface area contributed by atoms with Gasteiger partial charge in [-0.1, -0.05) is 12.1 Å². The predicted octanol–water partition coefficient (Wildman–Crippen LogP) is 2.24. The molecular formula is C21H22N4O4. The molecule has 1 N–H and O–H groups in total. The summed E-state index contributed by atoms with van der Waals surface area (Å²) >= 11 is 0. The van der Waals surface area contributed by atoms with Gasteiger partial charge >= 0.3 is 5.63 Å². The molecule has 2 aromatic heterocycles. The van der Waals surface area contributed by atoms with Crippen LogP contribution in [0.3, 0.4) is 0 Å². The first kappa shape index (κ1) is 18.9. The van der Waals surface area contributed by atoms with Gasteiger partial charge < -0.3 is 19.4 Å². The van der Waals surface area contributed by atoms with E-state index in [-0.39, 0.29) is 5.56 Å². The smallest absolute Gasteiger partial charge is 0.349 e. The standard InChI is InChI=1S/C21H22N4O4/c1-28-17-4-2-3-15-11-16(21(27)29-19(15)17)20(26)24-12-14-5-9-25(10-6-14)18-13-22-7-8-23-18/h2-4,7-8,11,13-14H,5-6,9-10,12H2,1H3,(H,24,26). The van der Waals surface area contributed by atoms with Crippen LogP contribution in [0.25, 0.3) is 11.0 Å². The molecule has 150 valence electrons. The third kappa shape index (κ3) is 4.06. The number of benzene rings is 1. The fraction of sp³-hybridized carbons (Fsp3) is 0.333. The zero-order valence-corrected chi connectivity index (χ0v) is 16.1. The Morgan fingerprint density at radius 1 is 1.31 bits per heavy atom. The second kappa shape index (κ2) is 8.30. The maximum atomic E-state index is 12.6. The van der Waals surface area contributed by atoms with Crippen LogP contribution in [-0.4, -0.2) is 42.6 Å². The second-order valence-electron chi connectivity index (χ2n) is 7.03. The summed E-state index contributed by atoms with van der Waals surface area (Å²) in [5.74, 6) is 1.26. The van der Waals surface area contributed by atoms with E-state index in [1.165, 1.54) is 7.11 Å². The maximum absolute atomic E-state index is 12.6. The van der Waals surface area contributed by atoms with Gasteiger partial charge in [-0.05, 0) is 30.9 Å². The molecule has 0 bridgehead atoms. The molecule has 0 atom stereocenters. The molecule has 1 fully saturated rings. The number of nitrogens with zero attached hydrogens (tertiary/aromatic N) is 3. The quantitative estimate of drug-likeness (QED) is 0.663. The number of carbonyl (C=O) groups is 1. The van der Waals surface area contributed by atoms with E-state index >= 15 is 0 Å². The lowest BCUT2D eigenvalue weighted by atomic mass is 9.96. The number of piperidine rings is 1. The Labute approximate surface area is 167 Å². The summed E-state index contributed by atoms with van der Waals surface area (Å²) in [4.78, 5) is 35.5. The van der Waals surface area contributed by atoms with Gasteiger partial charge in [-0.3, -0.25) is 9.78 Å². The fourth-order valence-corrected chi connectivity index (χ4v) is 3.59. The van der Waals surface area contributed by atoms with Crippen LogP contribution < -0.4 is 20.6 Å². The molecule has 1 aliphatic rings. The summed E-state index contributed by atoms with van der Waals surface area (Å²) < 4.78 is 10.5. The predicted molar refractivity (Wildman–Crippen MR) is 108 cm³/mol. The Morgan fingerprint density at radius 2 is 2.14 bits per heavy atom. The van der Waals surface area contributed by atoms with Crippen molar-refractivity contribution in [2.24, 2.45) is 5.92 Å². The molecule has 3 aromatic rings. The van der Waals surface area contributed by atoms with Crippen LogP contribution in [0.15, 0.2) is 52.1 Å². The van der Waals surface area contributed by atoms with E-state index in [0.29, 0.717) is 29.2 Å². The highest BCUT2D eigenvalue weighted by Gasteiger charge is 2.22. The molecule has 0 radical (unpaired) electrons. The van der Waals surface area contributed by atoms with E-state index in [2.05, 4.69) is 20.2 Å². The highest BCUT2D eigenvalue weighted by Crippen LogP contribution is 2.24. The van der Waals surface area contributed by atoms with E-state index in [9.17, 15) is 9.59 Å². The van der Waals surface area contributed by atoms with Crippen LogP contribution in [0.1, 0.15) is 23.2 Å². The van der Waals surface area contributed by atoms with Crippen LogP contribution in [0.2, 0.25) is 0 Å². The molecule has 1 amide bonds. The van der Waals surface area contributed by atoms with Crippen molar-refractivity contribution in [1.82, 2.24) is 15.3 Å². The van der Waals surface area contributed by atoms with Crippen molar-refractivity contribution in [2.45, 2.75) is 12.8 Å². The number of rotatable bonds is 5. The Kier molecular flexibility index (Phi) is 5.41. The van der Waals surface area contributed by atoms with Crippen LogP contribution in [0.5, 0.6) is 5.75 Å². The highest BCUT2D eigenvalue weighted by molar-refractivity contribution is 5.97. The second-order valence-corrected chi connectivity index (χ2v) is 7.03. The molecule has 8 nitrogen and oxygen atoms in total. The topological polar surface area (TPSA) is 97.6 Å². The fourth-order valence-electron chi connectivity index (χ4n) is 3.59. The number of anilines is 1. The number of aromatic nitrogens is 2. The summed E-state index contributed by atoms with van der Waals surface area (Å²) in [6.07, 6.45) is 6.97. The van der Waals surface area contributed by atoms with Gasteiger partial charge in [0.2, 0.25) is 0 Å². The monoisotopic (exact) mass is 394 g/mol. The van der Waals surface area contributed by atoms with Crippen molar-refractivity contribution in [3.63, 3.8) is 0 Å². The molecule has 8 heteroatoms. The number of hydrogen-bond acceptors (Lipinski definition) is 7. The summed E-state index contributed by atoms with van der Waals surface area (Å²) in [6.45, 7) is 2.23. The molecule has 0 aliphatic carbocycles. The van der Waals surface area contributed by atoms with E-state index in [4.69, 9.17) is 9.15 Å². The number of ether oxygens (including phenoxy) is 1. The zero-order valence-electron chi connectivity index (χ0n) is 16.1. The largest absolute Gasteiger partial charge is 0.493 e. The minimum absolute atomic E-state index is 0.00255. The lowest BCUT2D eigenvalue weighted by molar-refractivity contribution is 0.0941. The Bertz CT molecular complexity index is 1060. The van der Waals surface area contributed by atoms with Gasteiger partial charge in [-0.2, -0.15) is 0 Å². The lowest BCUT2D eigenvalue weighted by Gasteiger charge is -2.32. The van der Waals surface area contributed by atoms with Gasteiger partial charge in [-0.15, -0.1) is 0 Å². The third-order valence-electron chi connectivity index (χ3n) is 5.23. The third-order valence-corrected chi connectivity index (χ3v) is 5.23. The summed E-state index contributed by atoms with van der Waals surface area (Å²) in [5, 5.41) is 3.53. The molecule has 29 heavy (non-hydrogen) atoms. The van der Waals surface area contributed by atoms with Crippen LogP contribution in [0.4, 0.5) is 5.82 Å². The van der Waals surface area contributed by atoms with Crippen LogP contribution in [-0.2, 0) is 0 Å². The number of methoxy groups -OCH3 is 1. The van der Waals surface area contributed by atoms with E-state index in [1.807, 2.05) is 0 Å². The van der Waals surface area contributed by atoms with Gasteiger partial charge in [0.15, 0.2) is 11.3 Å². The molecule has 3 heterocycles. The van der Waals surface area contributed by atoms with Crippen molar-refractivity contribution in [3.05, 3.63) is 58.8 Å². The number of amides is 1. The number of hydrogen-bond donors (Lipinski definition) is 1. The van der Waals surface area contributed by atoms with Crippen molar-refractivity contribution in [1.29, 1.82) is 0 Å². The van der Waals surface area contributed by atoms with Gasteiger partial charge in [0, 0.05) is 37.4 Å². The highest BCUT2D eigenvalue weighted by atomic mass is 16.5. The van der Waals surface area contributed by atoms with Crippen molar-refractivity contribution < 1.29 is 13.9 Å². The number of nitrogens with one attached hydrogen (secondary N) is 1. The van der Waals surface area contributed by atoms with Crippen molar-refractivity contribution >= 4 is 22.7 Å². The summed E-state index contributed by atoms with van der Waals surface area (Å²) in [6, 6.07) is 6.82. The SMILES string of the molecule is COc1cccc2cc(C(=O)NCC3CCN(c4cnccn4)CC3)c(=O)oc12. The summed E-state index contributed by atoms with van der Waals surface area (Å²) in [7, 11) is 1.51. The zero-order chi connectivity index (χ0) is 20.2. The van der Waals surface area contributed by atoms with Gasteiger partial charge in [-0.25, -0.2) is 9.78 Å². The molecule has 0 spiro atoms. The first-order valence-electron chi connectivity index (χ1n) is 9.55. The molecular weight excluding hydrogens is 372 g/mol. The number of fused-ring (bicyclic) bond motifs is 1. The number of carbonyl (C=O) groups excluding carboxylic acids is 1. The minimum Gasteiger partial charge on any atom is -0.493 e. The Balaban J connectivity index is 1.38. The van der Waals surface area contributed by atoms with Crippen molar-refractivity contribution in [3.8, 4) is 5.75 Å². The number of para-hydroxylation sites is 1. The first-order chi connectivity index (χ1) is 14.2. The van der Waals surface area contributed by atoms with E-state index in [0.717, 1.165) is 31.7 Å². The first-order valence-corrected chi connectivity index (χ1v) is 9.55. The van der Waals surface area contributed by atoms with Crippen LogP contribution in [0, 0.1) is 5.92 Å². The average Bonchev–Trinajstić information content (AvgIpc) is 2.77. The molecule has 0 unspecified atom stereocenters. The minimum atomic E-state index is -0.669. The van der Waals surface area contributed by atoms with E-state index in [1.54, 1.807) is 42.9 Å². The Hall–Kier alpha value is -3.42. The van der Waals surface area contributed by atoms with Crippen molar-refractivity contribution in [2.75, 3.05) is 31.6 Å². The normalized spacial score (nSPS) is 14.7. The maximum Gasteiger partial charge on any atom is 0.349 e. The lowest BCUT2D eigenvalue weighted by Crippen LogP contribution is -2.39. The van der Waals surface area contributed by atoms with Gasteiger partial charge in [0.05, 0.1) is 13.3 Å². The molecule has 1 aromatic carbocycles. The molecule has 0 saturated carbocycles. The average molecular weight is 394 g/mol. The molecule has 4 rings (SSSR count). The molecule has 1 aliphatic heterocycles. The Morgan fingerprint density at radius 3 is 2.86 bits per heavy atom.